The van der Waals surface area contributed by atoms with Crippen LogP contribution >= 0.6 is 15.9 Å². The maximum atomic E-state index is 3.87. The summed E-state index contributed by atoms with van der Waals surface area (Å²) in [4.78, 5) is 0. The molecule has 182 valence electrons. The summed E-state index contributed by atoms with van der Waals surface area (Å²) in [7, 11) is 0. The molecule has 0 heterocycles. The highest BCUT2D eigenvalue weighted by molar-refractivity contribution is 9.08. The topological polar surface area (TPSA) is 0 Å². The number of hydrogen-bond acceptors (Lipinski definition) is 0. The van der Waals surface area contributed by atoms with Gasteiger partial charge in [-0.3, -0.25) is 0 Å². The minimum absolute atomic E-state index is 0.184. The number of rotatable bonds is 6. The molecule has 2 aliphatic carbocycles. The molecule has 1 aromatic carbocycles. The van der Waals surface area contributed by atoms with Crippen molar-refractivity contribution in [3.8, 4) is 0 Å². The van der Waals surface area contributed by atoms with Crippen LogP contribution in [-0.4, -0.2) is 0 Å². The highest BCUT2D eigenvalue weighted by Gasteiger charge is 2.56. The molecule has 0 saturated heterocycles. The minimum Gasteiger partial charge on any atom is -0.0876 e. The van der Waals surface area contributed by atoms with Gasteiger partial charge in [-0.2, -0.15) is 0 Å². The summed E-state index contributed by atoms with van der Waals surface area (Å²) in [5.74, 6) is 2.38. The Hall–Kier alpha value is -0.300. The predicted octanol–water partition coefficient (Wildman–Crippen LogP) is 9.99. The predicted molar refractivity (Wildman–Crippen MR) is 146 cm³/mol. The fourth-order valence-corrected chi connectivity index (χ4v) is 8.18. The van der Waals surface area contributed by atoms with Crippen LogP contribution in [-0.2, 0) is 22.6 Å². The summed E-state index contributed by atoms with van der Waals surface area (Å²) in [6.07, 6.45) is 9.45. The van der Waals surface area contributed by atoms with Crippen molar-refractivity contribution in [2.75, 3.05) is 0 Å². The summed E-state index contributed by atoms with van der Waals surface area (Å²) >= 11 is 3.87. The van der Waals surface area contributed by atoms with E-state index in [-0.39, 0.29) is 10.8 Å². The van der Waals surface area contributed by atoms with Gasteiger partial charge in [0, 0.05) is 5.33 Å². The lowest BCUT2D eigenvalue weighted by Gasteiger charge is -2.61. The van der Waals surface area contributed by atoms with Crippen LogP contribution < -0.4 is 0 Å². The van der Waals surface area contributed by atoms with Gasteiger partial charge in [-0.25, -0.2) is 0 Å². The Kier molecular flexibility index (Phi) is 7.44. The molecule has 1 heteroatoms. The summed E-state index contributed by atoms with van der Waals surface area (Å²) in [6.45, 7) is 24.7. The first kappa shape index (κ1) is 26.3. The maximum Gasteiger partial charge on any atom is 0.0285 e. The van der Waals surface area contributed by atoms with Crippen molar-refractivity contribution in [2.45, 2.75) is 130 Å². The van der Waals surface area contributed by atoms with Crippen molar-refractivity contribution in [3.05, 3.63) is 34.4 Å². The molecule has 32 heavy (non-hydrogen) atoms. The lowest BCUT2D eigenvalue weighted by atomic mass is 9.44. The van der Waals surface area contributed by atoms with Crippen LogP contribution in [0.25, 0.3) is 0 Å². The van der Waals surface area contributed by atoms with E-state index in [1.807, 2.05) is 0 Å². The van der Waals surface area contributed by atoms with E-state index in [2.05, 4.69) is 97.3 Å². The van der Waals surface area contributed by atoms with E-state index in [4.69, 9.17) is 0 Å². The van der Waals surface area contributed by atoms with Gasteiger partial charge >= 0.3 is 0 Å². The molecule has 4 atom stereocenters. The van der Waals surface area contributed by atoms with Crippen molar-refractivity contribution in [2.24, 2.45) is 28.6 Å². The zero-order valence-corrected chi connectivity index (χ0v) is 24.5. The second-order valence-corrected chi connectivity index (χ2v) is 14.6. The van der Waals surface area contributed by atoms with Gasteiger partial charge in [-0.15, -0.1) is 0 Å². The molecule has 3 rings (SSSR count). The van der Waals surface area contributed by atoms with Crippen LogP contribution in [0.5, 0.6) is 0 Å². The normalized spacial score (nSPS) is 33.2. The molecule has 0 aliphatic heterocycles. The molecular formula is C31H51Br. The van der Waals surface area contributed by atoms with Crippen LogP contribution in [0.3, 0.4) is 0 Å². The molecule has 2 fully saturated rings. The lowest BCUT2D eigenvalue weighted by molar-refractivity contribution is -0.0840. The third kappa shape index (κ3) is 4.76. The second kappa shape index (κ2) is 9.05. The Labute approximate surface area is 208 Å². The molecule has 2 bridgehead atoms. The van der Waals surface area contributed by atoms with E-state index >= 15 is 0 Å². The van der Waals surface area contributed by atoms with Crippen molar-refractivity contribution in [1.29, 1.82) is 0 Å². The first-order valence-electron chi connectivity index (χ1n) is 13.4. The Morgan fingerprint density at radius 2 is 1.62 bits per heavy atom. The van der Waals surface area contributed by atoms with Gasteiger partial charge in [0.1, 0.15) is 0 Å². The number of halogens is 1. The van der Waals surface area contributed by atoms with E-state index < -0.39 is 0 Å². The zero-order valence-electron chi connectivity index (χ0n) is 22.9. The van der Waals surface area contributed by atoms with Crippen LogP contribution in [0.15, 0.2) is 12.1 Å². The quantitative estimate of drug-likeness (QED) is 0.339. The molecule has 0 nitrogen and oxygen atoms in total. The molecule has 0 amide bonds. The number of hydrogen-bond donors (Lipinski definition) is 0. The third-order valence-corrected chi connectivity index (χ3v) is 10.4. The zero-order chi connectivity index (χ0) is 24.1. The van der Waals surface area contributed by atoms with Crippen molar-refractivity contribution >= 4 is 15.9 Å². The molecule has 2 aliphatic rings. The maximum absolute atomic E-state index is 3.87. The summed E-state index contributed by atoms with van der Waals surface area (Å²) in [5.41, 5.74) is 7.85. The Morgan fingerprint density at radius 3 is 2.12 bits per heavy atom. The largest absolute Gasteiger partial charge is 0.0876 e. The monoisotopic (exact) mass is 502 g/mol. The fourth-order valence-electron chi connectivity index (χ4n) is 7.68. The van der Waals surface area contributed by atoms with Crippen molar-refractivity contribution < 1.29 is 0 Å². The van der Waals surface area contributed by atoms with E-state index in [9.17, 15) is 0 Å². The van der Waals surface area contributed by atoms with Gasteiger partial charge in [0.05, 0.1) is 0 Å². The van der Waals surface area contributed by atoms with Gasteiger partial charge in [0.2, 0.25) is 0 Å². The highest BCUT2D eigenvalue weighted by atomic mass is 79.9. The van der Waals surface area contributed by atoms with Gasteiger partial charge < -0.3 is 0 Å². The fraction of sp³-hybridized carbons (Fsp3) is 0.806. The van der Waals surface area contributed by atoms with Gasteiger partial charge in [-0.1, -0.05) is 104 Å². The molecule has 4 unspecified atom stereocenters. The van der Waals surface area contributed by atoms with Crippen LogP contribution in [0.4, 0.5) is 0 Å². The molecular weight excluding hydrogens is 452 g/mol. The summed E-state index contributed by atoms with van der Waals surface area (Å²) in [5, 5.41) is 0.972. The average molecular weight is 504 g/mol. The Bertz CT molecular complexity index is 810. The van der Waals surface area contributed by atoms with Crippen LogP contribution in [0.2, 0.25) is 0 Å². The second-order valence-electron chi connectivity index (χ2n) is 14.0. The Morgan fingerprint density at radius 1 is 0.969 bits per heavy atom. The SMILES string of the molecule is CCCc1c(CBr)cc(C(C)(C)C)cc1C1(C)CC2CC(C)(C(C)C)CC(C(C)C)(C2)C1. The van der Waals surface area contributed by atoms with Crippen LogP contribution in [0.1, 0.15) is 130 Å². The van der Waals surface area contributed by atoms with E-state index in [1.165, 1.54) is 56.1 Å². The number of fused-ring (bicyclic) bond motifs is 2. The Balaban J connectivity index is 2.17. The summed E-state index contributed by atoms with van der Waals surface area (Å²) < 4.78 is 0. The molecule has 0 N–H and O–H groups in total. The highest BCUT2D eigenvalue weighted by Crippen LogP contribution is 2.65. The minimum atomic E-state index is 0.184. The molecule has 1 aromatic rings. The summed E-state index contributed by atoms with van der Waals surface area (Å²) in [6, 6.07) is 5.15. The number of benzene rings is 1. The molecule has 2 saturated carbocycles. The molecule has 0 spiro atoms. The van der Waals surface area contributed by atoms with Crippen molar-refractivity contribution in [3.63, 3.8) is 0 Å². The van der Waals surface area contributed by atoms with Crippen molar-refractivity contribution in [1.82, 2.24) is 0 Å². The first-order valence-corrected chi connectivity index (χ1v) is 14.5. The van der Waals surface area contributed by atoms with E-state index in [0.717, 1.165) is 23.1 Å². The standard InChI is InChI=1S/C31H51Br/c1-11-12-26-24(18-32)13-25(28(6,7)8)14-27(26)30(10)16-23-15-29(9,21(2)3)19-31(17-23,20-30)22(4)5/h13-14,21-23H,11-12,15-20H2,1-10H3. The third-order valence-electron chi connectivity index (χ3n) is 9.81. The van der Waals surface area contributed by atoms with Gasteiger partial charge in [0.15, 0.2) is 0 Å². The van der Waals surface area contributed by atoms with Crippen LogP contribution in [0, 0.1) is 28.6 Å². The van der Waals surface area contributed by atoms with Gasteiger partial charge in [0.25, 0.3) is 0 Å². The van der Waals surface area contributed by atoms with E-state index in [0.29, 0.717) is 10.8 Å². The number of alkyl halides is 1. The smallest absolute Gasteiger partial charge is 0.0285 e. The average Bonchev–Trinajstić information content (AvgIpc) is 2.66. The lowest BCUT2D eigenvalue weighted by Crippen LogP contribution is -2.52. The van der Waals surface area contributed by atoms with E-state index in [1.54, 1.807) is 11.1 Å². The van der Waals surface area contributed by atoms with Gasteiger partial charge in [-0.05, 0) is 100 Å². The molecule has 0 radical (unpaired) electrons. The first-order chi connectivity index (χ1) is 14.7. The molecule has 0 aromatic heterocycles.